The van der Waals surface area contributed by atoms with E-state index in [0.717, 1.165) is 50.0 Å². The first kappa shape index (κ1) is 27.7. The van der Waals surface area contributed by atoms with E-state index in [2.05, 4.69) is 148 Å². The molecule has 240 valence electrons. The van der Waals surface area contributed by atoms with Crippen molar-refractivity contribution in [1.82, 2.24) is 18.9 Å². The molecule has 0 aliphatic rings. The van der Waals surface area contributed by atoms with Gasteiger partial charge < -0.3 is 8.97 Å². The number of hydrogen-bond donors (Lipinski definition) is 0. The second-order valence-electron chi connectivity index (χ2n) is 13.7. The van der Waals surface area contributed by atoms with Gasteiger partial charge >= 0.3 is 0 Å². The number of para-hydroxylation sites is 5. The SMILES string of the molecule is c1ccc(-c2nc3ccccc3nc2-c2ccc(-n3c4ccccc4c4c5c6cccc7c8ccccc8n(c5ccc43)c76)c3ccccc23)cc1. The topological polar surface area (TPSA) is 35.1 Å². The molecule has 0 bridgehead atoms. The Balaban J connectivity index is 1.18. The fourth-order valence-corrected chi connectivity index (χ4v) is 8.91. The summed E-state index contributed by atoms with van der Waals surface area (Å²) < 4.78 is 4.94. The zero-order valence-electron chi connectivity index (χ0n) is 28.0. The number of fused-ring (bicyclic) bond motifs is 12. The third-order valence-corrected chi connectivity index (χ3v) is 11.0. The Bertz CT molecular complexity index is 3410. The largest absolute Gasteiger partial charge is 0.309 e. The molecule has 0 amide bonds. The summed E-state index contributed by atoms with van der Waals surface area (Å²) in [5, 5.41) is 10.0. The van der Waals surface area contributed by atoms with Gasteiger partial charge in [0.1, 0.15) is 0 Å². The van der Waals surface area contributed by atoms with Crippen molar-refractivity contribution in [2.24, 2.45) is 0 Å². The van der Waals surface area contributed by atoms with Crippen LogP contribution in [0.4, 0.5) is 0 Å². The van der Waals surface area contributed by atoms with Gasteiger partial charge in [-0.2, -0.15) is 0 Å². The Morgan fingerprint density at radius 1 is 0.346 bits per heavy atom. The average Bonchev–Trinajstić information content (AvgIpc) is 3.85. The maximum Gasteiger partial charge on any atom is 0.0979 e. The summed E-state index contributed by atoms with van der Waals surface area (Å²) in [6.07, 6.45) is 0. The van der Waals surface area contributed by atoms with Gasteiger partial charge in [-0.1, -0.05) is 121 Å². The lowest BCUT2D eigenvalue weighted by Gasteiger charge is -2.16. The van der Waals surface area contributed by atoms with Crippen molar-refractivity contribution in [3.8, 4) is 28.2 Å². The van der Waals surface area contributed by atoms with E-state index < -0.39 is 0 Å². The monoisotopic (exact) mass is 660 g/mol. The molecule has 12 rings (SSSR count). The normalized spacial score (nSPS) is 12.2. The Kier molecular flexibility index (Phi) is 5.47. The third-order valence-electron chi connectivity index (χ3n) is 11.0. The van der Waals surface area contributed by atoms with Gasteiger partial charge in [0.2, 0.25) is 0 Å². The van der Waals surface area contributed by atoms with E-state index in [1.807, 2.05) is 30.3 Å². The number of nitrogens with zero attached hydrogens (tertiary/aromatic N) is 4. The number of aromatic nitrogens is 4. The molecule has 0 atom stereocenters. The second kappa shape index (κ2) is 10.3. The first-order valence-corrected chi connectivity index (χ1v) is 17.8. The Labute approximate surface area is 297 Å². The molecule has 52 heavy (non-hydrogen) atoms. The van der Waals surface area contributed by atoms with Crippen molar-refractivity contribution in [2.75, 3.05) is 0 Å². The van der Waals surface area contributed by atoms with E-state index in [1.165, 1.54) is 59.9 Å². The number of benzene rings is 8. The molecule has 0 radical (unpaired) electrons. The molecule has 8 aromatic carbocycles. The highest BCUT2D eigenvalue weighted by Gasteiger charge is 2.24. The molecule has 4 heteroatoms. The van der Waals surface area contributed by atoms with Gasteiger partial charge in [0.15, 0.2) is 0 Å². The summed E-state index contributed by atoms with van der Waals surface area (Å²) in [5.41, 5.74) is 13.0. The smallest absolute Gasteiger partial charge is 0.0979 e. The van der Waals surface area contributed by atoms with Crippen molar-refractivity contribution in [1.29, 1.82) is 0 Å². The molecule has 4 heterocycles. The van der Waals surface area contributed by atoms with Gasteiger partial charge in [0, 0.05) is 48.8 Å². The van der Waals surface area contributed by atoms with E-state index in [0.29, 0.717) is 0 Å². The lowest BCUT2D eigenvalue weighted by Crippen LogP contribution is -1.99. The molecular weight excluding hydrogens is 633 g/mol. The summed E-state index contributed by atoms with van der Waals surface area (Å²) in [6, 6.07) is 60.9. The molecule has 0 unspecified atom stereocenters. The maximum absolute atomic E-state index is 5.29. The highest BCUT2D eigenvalue weighted by Crippen LogP contribution is 2.46. The average molecular weight is 661 g/mol. The molecule has 12 aromatic rings. The van der Waals surface area contributed by atoms with Crippen molar-refractivity contribution >= 4 is 81.7 Å². The van der Waals surface area contributed by atoms with Gasteiger partial charge in [-0.05, 0) is 53.9 Å². The van der Waals surface area contributed by atoms with Crippen LogP contribution in [-0.4, -0.2) is 18.9 Å². The van der Waals surface area contributed by atoms with Gasteiger partial charge in [-0.3, -0.25) is 0 Å². The van der Waals surface area contributed by atoms with Crippen LogP contribution in [0.15, 0.2) is 170 Å². The fraction of sp³-hybridized carbons (Fsp3) is 0. The van der Waals surface area contributed by atoms with E-state index in [-0.39, 0.29) is 0 Å². The van der Waals surface area contributed by atoms with Crippen LogP contribution in [0, 0.1) is 0 Å². The summed E-state index contributed by atoms with van der Waals surface area (Å²) in [4.78, 5) is 10.5. The van der Waals surface area contributed by atoms with Crippen LogP contribution in [-0.2, 0) is 0 Å². The van der Waals surface area contributed by atoms with Crippen LogP contribution < -0.4 is 0 Å². The minimum absolute atomic E-state index is 0.884. The minimum atomic E-state index is 0.884. The maximum atomic E-state index is 5.29. The van der Waals surface area contributed by atoms with Gasteiger partial charge in [-0.25, -0.2) is 9.97 Å². The van der Waals surface area contributed by atoms with E-state index >= 15 is 0 Å². The van der Waals surface area contributed by atoms with Crippen LogP contribution in [0.3, 0.4) is 0 Å². The van der Waals surface area contributed by atoms with Gasteiger partial charge in [0.05, 0.1) is 55.7 Å². The van der Waals surface area contributed by atoms with E-state index in [1.54, 1.807) is 0 Å². The van der Waals surface area contributed by atoms with Crippen LogP contribution in [0.1, 0.15) is 0 Å². The fourth-order valence-electron chi connectivity index (χ4n) is 8.91. The van der Waals surface area contributed by atoms with Crippen LogP contribution >= 0.6 is 0 Å². The highest BCUT2D eigenvalue weighted by molar-refractivity contribution is 6.33. The predicted octanol–water partition coefficient (Wildman–Crippen LogP) is 12.4. The molecule has 0 fully saturated rings. The van der Waals surface area contributed by atoms with E-state index in [9.17, 15) is 0 Å². The van der Waals surface area contributed by atoms with Crippen molar-refractivity contribution in [3.63, 3.8) is 0 Å². The predicted molar refractivity (Wildman–Crippen MR) is 217 cm³/mol. The van der Waals surface area contributed by atoms with Crippen molar-refractivity contribution in [3.05, 3.63) is 170 Å². The first-order valence-electron chi connectivity index (χ1n) is 17.8. The molecule has 0 saturated carbocycles. The zero-order valence-corrected chi connectivity index (χ0v) is 28.0. The Morgan fingerprint density at radius 2 is 0.942 bits per heavy atom. The molecule has 0 aliphatic carbocycles. The highest BCUT2D eigenvalue weighted by atomic mass is 15.0. The molecular formula is C48H28N4. The number of rotatable bonds is 3. The molecule has 0 saturated heterocycles. The first-order chi connectivity index (χ1) is 25.8. The van der Waals surface area contributed by atoms with Gasteiger partial charge in [0.25, 0.3) is 0 Å². The standard InChI is InChI=1S/C48H28N4/c1-2-13-29(14-3-1)46-47(50-38-22-9-8-21-37(38)49-46)33-25-26-41(31-16-5-4-15-30(31)33)51-40-24-11-7-18-35(40)44-42(51)27-28-43-45(44)36-20-12-19-34-32-17-6-10-23-39(32)52(43)48(34)36/h1-28H. The lowest BCUT2D eigenvalue weighted by molar-refractivity contribution is 1.20. The van der Waals surface area contributed by atoms with Crippen LogP contribution in [0.25, 0.3) is 110 Å². The van der Waals surface area contributed by atoms with Crippen molar-refractivity contribution in [2.45, 2.75) is 0 Å². The molecule has 4 nitrogen and oxygen atoms in total. The summed E-state index contributed by atoms with van der Waals surface area (Å²) in [6.45, 7) is 0. The number of hydrogen-bond acceptors (Lipinski definition) is 2. The molecule has 0 aliphatic heterocycles. The summed E-state index contributed by atoms with van der Waals surface area (Å²) in [5.74, 6) is 0. The van der Waals surface area contributed by atoms with Crippen LogP contribution in [0.5, 0.6) is 0 Å². The summed E-state index contributed by atoms with van der Waals surface area (Å²) >= 11 is 0. The van der Waals surface area contributed by atoms with Crippen molar-refractivity contribution < 1.29 is 0 Å². The molecule has 4 aromatic heterocycles. The molecule has 0 spiro atoms. The Hall–Kier alpha value is -7.04. The minimum Gasteiger partial charge on any atom is -0.309 e. The zero-order chi connectivity index (χ0) is 33.9. The third kappa shape index (κ3) is 3.60. The second-order valence-corrected chi connectivity index (χ2v) is 13.7. The lowest BCUT2D eigenvalue weighted by atomic mass is 9.96. The quantitative estimate of drug-likeness (QED) is 0.189. The van der Waals surface area contributed by atoms with Crippen LogP contribution in [0.2, 0.25) is 0 Å². The Morgan fingerprint density at radius 3 is 1.77 bits per heavy atom. The van der Waals surface area contributed by atoms with Gasteiger partial charge in [-0.15, -0.1) is 0 Å². The van der Waals surface area contributed by atoms with E-state index in [4.69, 9.17) is 9.97 Å². The summed E-state index contributed by atoms with van der Waals surface area (Å²) in [7, 11) is 0. The molecule has 0 N–H and O–H groups in total.